The van der Waals surface area contributed by atoms with E-state index in [1.165, 1.54) is 42.5 Å². The molecule has 0 aliphatic rings. The molecular weight excluding hydrogens is 401 g/mol. The van der Waals surface area contributed by atoms with E-state index in [0.717, 1.165) is 10.6 Å². The van der Waals surface area contributed by atoms with Crippen LogP contribution in [-0.2, 0) is 32.7 Å². The standard InChI is InChI=1S/C19H24FN3O5S/c1-14(19(25)21-11-17-5-4-10-28-17)23(12-15-6-8-16(20)9-7-15)18(24)13-22(2)29(3,26)27/h4-10,14H,11-13H2,1-3H3,(H,21,25). The van der Waals surface area contributed by atoms with Gasteiger partial charge in [0.2, 0.25) is 21.8 Å². The van der Waals surface area contributed by atoms with Gasteiger partial charge in [0.1, 0.15) is 17.6 Å². The van der Waals surface area contributed by atoms with Crippen molar-refractivity contribution in [2.45, 2.75) is 26.1 Å². The van der Waals surface area contributed by atoms with Gasteiger partial charge >= 0.3 is 0 Å². The SMILES string of the molecule is CC(C(=O)NCc1ccco1)N(Cc1ccc(F)cc1)C(=O)CN(C)S(C)(=O)=O. The van der Waals surface area contributed by atoms with E-state index in [1.807, 2.05) is 0 Å². The summed E-state index contributed by atoms with van der Waals surface area (Å²) in [6.45, 7) is 1.29. The number of furan rings is 1. The molecule has 0 spiro atoms. The molecule has 0 saturated carbocycles. The van der Waals surface area contributed by atoms with Gasteiger partial charge in [0.25, 0.3) is 0 Å². The number of amides is 2. The average Bonchev–Trinajstić information content (AvgIpc) is 3.17. The number of hydrogen-bond acceptors (Lipinski definition) is 5. The van der Waals surface area contributed by atoms with E-state index in [4.69, 9.17) is 4.42 Å². The summed E-state index contributed by atoms with van der Waals surface area (Å²) in [6, 6.07) is 8.01. The highest BCUT2D eigenvalue weighted by molar-refractivity contribution is 7.88. The van der Waals surface area contributed by atoms with Gasteiger partial charge in [-0.15, -0.1) is 0 Å². The van der Waals surface area contributed by atoms with Crippen LogP contribution in [-0.4, -0.2) is 55.3 Å². The Balaban J connectivity index is 2.16. The molecule has 0 aliphatic carbocycles. The van der Waals surface area contributed by atoms with E-state index in [0.29, 0.717) is 11.3 Å². The summed E-state index contributed by atoms with van der Waals surface area (Å²) in [5.74, 6) is -0.854. The van der Waals surface area contributed by atoms with Crippen LogP contribution in [0.1, 0.15) is 18.2 Å². The van der Waals surface area contributed by atoms with Crippen LogP contribution in [0.2, 0.25) is 0 Å². The number of hydrogen-bond donors (Lipinski definition) is 1. The van der Waals surface area contributed by atoms with Crippen molar-refractivity contribution < 1.29 is 26.8 Å². The molecule has 1 aromatic carbocycles. The predicted molar refractivity (Wildman–Crippen MR) is 104 cm³/mol. The fourth-order valence-corrected chi connectivity index (χ4v) is 2.85. The number of carbonyl (C=O) groups excluding carboxylic acids is 2. The number of benzene rings is 1. The van der Waals surface area contributed by atoms with Crippen LogP contribution in [0.3, 0.4) is 0 Å². The molecule has 2 amide bonds. The molecule has 0 radical (unpaired) electrons. The van der Waals surface area contributed by atoms with Crippen molar-refractivity contribution in [3.8, 4) is 0 Å². The Bertz CT molecular complexity index is 929. The lowest BCUT2D eigenvalue weighted by Gasteiger charge is -2.30. The fraction of sp³-hybridized carbons (Fsp3) is 0.368. The third-order valence-corrected chi connectivity index (χ3v) is 5.64. The summed E-state index contributed by atoms with van der Waals surface area (Å²) in [7, 11) is -2.29. The number of nitrogens with zero attached hydrogens (tertiary/aromatic N) is 2. The maximum atomic E-state index is 13.2. The Morgan fingerprint density at radius 3 is 2.41 bits per heavy atom. The highest BCUT2D eigenvalue weighted by atomic mass is 32.2. The third-order valence-electron chi connectivity index (χ3n) is 4.37. The average molecular weight is 425 g/mol. The van der Waals surface area contributed by atoms with Gasteiger partial charge in [0, 0.05) is 13.6 Å². The van der Waals surface area contributed by atoms with Gasteiger partial charge < -0.3 is 14.6 Å². The number of halogens is 1. The molecule has 1 heterocycles. The summed E-state index contributed by atoms with van der Waals surface area (Å²) in [5.41, 5.74) is 0.604. The van der Waals surface area contributed by atoms with Gasteiger partial charge in [-0.05, 0) is 36.8 Å². The predicted octanol–water partition coefficient (Wildman–Crippen LogP) is 1.34. The Labute approximate surface area is 169 Å². The highest BCUT2D eigenvalue weighted by Crippen LogP contribution is 2.12. The Morgan fingerprint density at radius 1 is 1.21 bits per heavy atom. The molecule has 10 heteroatoms. The number of carbonyl (C=O) groups is 2. The molecule has 0 bridgehead atoms. The van der Waals surface area contributed by atoms with E-state index >= 15 is 0 Å². The second-order valence-electron chi connectivity index (χ2n) is 6.64. The number of sulfonamides is 1. The van der Waals surface area contributed by atoms with Crippen LogP contribution in [0.25, 0.3) is 0 Å². The van der Waals surface area contributed by atoms with Crippen molar-refractivity contribution in [2.24, 2.45) is 0 Å². The Hall–Kier alpha value is -2.72. The van der Waals surface area contributed by atoms with E-state index in [-0.39, 0.29) is 13.1 Å². The monoisotopic (exact) mass is 425 g/mol. The minimum Gasteiger partial charge on any atom is -0.467 e. The smallest absolute Gasteiger partial charge is 0.242 e. The molecule has 1 N–H and O–H groups in total. The second-order valence-corrected chi connectivity index (χ2v) is 8.73. The molecule has 0 saturated heterocycles. The normalized spacial score (nSPS) is 12.6. The molecule has 158 valence electrons. The minimum absolute atomic E-state index is 0.0199. The van der Waals surface area contributed by atoms with Crippen molar-refractivity contribution in [1.29, 1.82) is 0 Å². The lowest BCUT2D eigenvalue weighted by Crippen LogP contribution is -2.50. The zero-order valence-electron chi connectivity index (χ0n) is 16.5. The second kappa shape index (κ2) is 9.66. The zero-order chi connectivity index (χ0) is 21.6. The zero-order valence-corrected chi connectivity index (χ0v) is 17.3. The van der Waals surface area contributed by atoms with Crippen molar-refractivity contribution >= 4 is 21.8 Å². The van der Waals surface area contributed by atoms with E-state index < -0.39 is 40.2 Å². The quantitative estimate of drug-likeness (QED) is 0.654. The first-order valence-electron chi connectivity index (χ1n) is 8.83. The van der Waals surface area contributed by atoms with E-state index in [9.17, 15) is 22.4 Å². The molecule has 2 rings (SSSR count). The van der Waals surface area contributed by atoms with Gasteiger partial charge in [0.15, 0.2) is 0 Å². The molecule has 1 unspecified atom stereocenters. The van der Waals surface area contributed by atoms with Gasteiger partial charge in [-0.3, -0.25) is 9.59 Å². The van der Waals surface area contributed by atoms with Gasteiger partial charge in [-0.1, -0.05) is 12.1 Å². The maximum absolute atomic E-state index is 13.2. The molecule has 0 fully saturated rings. The van der Waals surface area contributed by atoms with Crippen molar-refractivity contribution in [1.82, 2.24) is 14.5 Å². The summed E-state index contributed by atoms with van der Waals surface area (Å²) >= 11 is 0. The van der Waals surface area contributed by atoms with Gasteiger partial charge in [0.05, 0.1) is 25.6 Å². The van der Waals surface area contributed by atoms with Crippen LogP contribution in [0.4, 0.5) is 4.39 Å². The summed E-state index contributed by atoms with van der Waals surface area (Å²) < 4.78 is 42.5. The Morgan fingerprint density at radius 2 is 1.86 bits per heavy atom. The Kier molecular flexibility index (Phi) is 7.52. The molecule has 29 heavy (non-hydrogen) atoms. The van der Waals surface area contributed by atoms with Crippen LogP contribution < -0.4 is 5.32 Å². The topological polar surface area (TPSA) is 99.9 Å². The molecular formula is C19H24FN3O5S. The van der Waals surface area contributed by atoms with Crippen LogP contribution >= 0.6 is 0 Å². The molecule has 2 aromatic rings. The van der Waals surface area contributed by atoms with Crippen molar-refractivity contribution in [3.63, 3.8) is 0 Å². The minimum atomic E-state index is -3.57. The molecule has 1 aromatic heterocycles. The van der Waals surface area contributed by atoms with E-state index in [1.54, 1.807) is 19.1 Å². The van der Waals surface area contributed by atoms with Crippen molar-refractivity contribution in [3.05, 3.63) is 59.8 Å². The first kappa shape index (κ1) is 22.6. The van der Waals surface area contributed by atoms with Gasteiger partial charge in [-0.25, -0.2) is 12.8 Å². The molecule has 0 aliphatic heterocycles. The fourth-order valence-electron chi connectivity index (χ4n) is 2.50. The number of rotatable bonds is 9. The number of nitrogens with one attached hydrogen (secondary N) is 1. The summed E-state index contributed by atoms with van der Waals surface area (Å²) in [4.78, 5) is 26.6. The third kappa shape index (κ3) is 6.68. The first-order valence-corrected chi connectivity index (χ1v) is 10.7. The highest BCUT2D eigenvalue weighted by Gasteiger charge is 2.28. The van der Waals surface area contributed by atoms with Gasteiger partial charge in [-0.2, -0.15) is 4.31 Å². The summed E-state index contributed by atoms with van der Waals surface area (Å²) in [6.07, 6.45) is 2.47. The first-order chi connectivity index (χ1) is 13.6. The van der Waals surface area contributed by atoms with E-state index in [2.05, 4.69) is 5.32 Å². The van der Waals surface area contributed by atoms with Crippen LogP contribution in [0, 0.1) is 5.82 Å². The van der Waals surface area contributed by atoms with Crippen LogP contribution in [0.15, 0.2) is 47.1 Å². The maximum Gasteiger partial charge on any atom is 0.242 e. The molecule has 8 nitrogen and oxygen atoms in total. The van der Waals surface area contributed by atoms with Crippen LogP contribution in [0.5, 0.6) is 0 Å². The summed E-state index contributed by atoms with van der Waals surface area (Å²) in [5, 5.41) is 2.68. The lowest BCUT2D eigenvalue weighted by atomic mass is 10.1. The molecule has 1 atom stereocenters. The van der Waals surface area contributed by atoms with Crippen molar-refractivity contribution in [2.75, 3.05) is 19.8 Å². The largest absolute Gasteiger partial charge is 0.467 e. The lowest BCUT2D eigenvalue weighted by molar-refractivity contribution is -0.140. The number of likely N-dealkylation sites (N-methyl/N-ethyl adjacent to an activating group) is 1.